The Kier molecular flexibility index (Phi) is 19.0. The lowest BCUT2D eigenvalue weighted by Gasteiger charge is -1.99. The van der Waals surface area contributed by atoms with Crippen LogP contribution >= 0.6 is 0 Å². The zero-order chi connectivity index (χ0) is 16.7. The Morgan fingerprint density at radius 1 is 0.850 bits per heavy atom. The molecule has 20 heavy (non-hydrogen) atoms. The number of carbonyl (C=O) groups is 2. The molecular formula is C14H30O6. The van der Waals surface area contributed by atoms with Crippen molar-refractivity contribution in [2.75, 3.05) is 0 Å². The van der Waals surface area contributed by atoms with Crippen molar-refractivity contribution in [3.8, 4) is 0 Å². The summed E-state index contributed by atoms with van der Waals surface area (Å²) in [6, 6.07) is 0. The van der Waals surface area contributed by atoms with Crippen LogP contribution in [0.25, 0.3) is 0 Å². The molecule has 0 unspecified atom stereocenters. The third-order valence-electron chi connectivity index (χ3n) is 2.05. The Morgan fingerprint density at radius 3 is 1.30 bits per heavy atom. The topological polar surface area (TPSA) is 115 Å². The molecule has 0 rings (SSSR count). The van der Waals surface area contributed by atoms with Crippen LogP contribution in [0.5, 0.6) is 0 Å². The summed E-state index contributed by atoms with van der Waals surface area (Å²) in [7, 11) is 0. The highest BCUT2D eigenvalue weighted by Gasteiger charge is 1.99. The summed E-state index contributed by atoms with van der Waals surface area (Å²) in [5.41, 5.74) is 0. The Hall–Kier alpha value is -1.14. The van der Waals surface area contributed by atoms with Crippen LogP contribution in [0.15, 0.2) is 0 Å². The van der Waals surface area contributed by atoms with E-state index in [0.717, 1.165) is 19.3 Å². The lowest BCUT2D eigenvalue weighted by Crippen LogP contribution is -2.03. The maximum absolute atomic E-state index is 9.70. The average molecular weight is 294 g/mol. The number of aliphatic hydroxyl groups is 2. The van der Waals surface area contributed by atoms with Gasteiger partial charge in [-0.05, 0) is 12.8 Å². The second kappa shape index (κ2) is 15.9. The molecule has 6 heteroatoms. The van der Waals surface area contributed by atoms with E-state index in [-0.39, 0.29) is 11.8 Å². The molecule has 0 bridgehead atoms. The van der Waals surface area contributed by atoms with Gasteiger partial charge >= 0.3 is 11.9 Å². The molecule has 0 spiro atoms. The van der Waals surface area contributed by atoms with Gasteiger partial charge in [-0.25, -0.2) is 0 Å². The lowest BCUT2D eigenvalue weighted by molar-refractivity contribution is -0.141. The molecule has 0 aromatic heterocycles. The summed E-state index contributed by atoms with van der Waals surface area (Å²) in [6.07, 6.45) is 2.58. The summed E-state index contributed by atoms with van der Waals surface area (Å²) in [5, 5.41) is 32.7. The van der Waals surface area contributed by atoms with Crippen LogP contribution in [0.1, 0.15) is 60.3 Å². The largest absolute Gasteiger partial charge is 0.481 e. The number of carboxylic acid groups (broad SMARTS) is 2. The first-order chi connectivity index (χ1) is 9.06. The molecule has 4 N–H and O–H groups in total. The summed E-state index contributed by atoms with van der Waals surface area (Å²) in [6.45, 7) is 8.65. The summed E-state index contributed by atoms with van der Waals surface area (Å²) < 4.78 is 0. The van der Waals surface area contributed by atoms with Crippen molar-refractivity contribution in [1.82, 2.24) is 0 Å². The van der Waals surface area contributed by atoms with Crippen LogP contribution < -0.4 is 0 Å². The molecule has 122 valence electrons. The third kappa shape index (κ3) is 30.2. The fourth-order valence-electron chi connectivity index (χ4n) is 0.577. The molecule has 0 aliphatic carbocycles. The first-order valence-electron chi connectivity index (χ1n) is 6.87. The smallest absolute Gasteiger partial charge is 0.305 e. The van der Waals surface area contributed by atoms with E-state index in [1.54, 1.807) is 27.7 Å². The SMILES string of the molecule is CC(C)C(=O)O.CC(C)C(=O)O.CCCCCC(O)O. The van der Waals surface area contributed by atoms with Crippen molar-refractivity contribution in [2.45, 2.75) is 66.6 Å². The lowest BCUT2D eigenvalue weighted by atomic mass is 10.2. The standard InChI is InChI=1S/C6H14O2.2C4H8O2/c1-2-3-4-5-6(7)8;2*1-3(2)4(5)6/h6-8H,2-5H2,1H3;2*3H,1-2H3,(H,5,6). The second-order valence-corrected chi connectivity index (χ2v) is 4.96. The van der Waals surface area contributed by atoms with Gasteiger partial charge in [-0.1, -0.05) is 47.5 Å². The molecule has 0 aliphatic rings. The highest BCUT2D eigenvalue weighted by atomic mass is 16.5. The Balaban J connectivity index is -0.000000221. The van der Waals surface area contributed by atoms with E-state index in [1.165, 1.54) is 0 Å². The van der Waals surface area contributed by atoms with Crippen LogP contribution in [0.4, 0.5) is 0 Å². The van der Waals surface area contributed by atoms with Crippen molar-refractivity contribution < 1.29 is 30.0 Å². The van der Waals surface area contributed by atoms with Crippen molar-refractivity contribution in [2.24, 2.45) is 11.8 Å². The molecule has 0 aromatic rings. The fourth-order valence-corrected chi connectivity index (χ4v) is 0.577. The Labute approximate surface area is 121 Å². The van der Waals surface area contributed by atoms with E-state index < -0.39 is 18.2 Å². The zero-order valence-electron chi connectivity index (χ0n) is 13.2. The third-order valence-corrected chi connectivity index (χ3v) is 2.05. The monoisotopic (exact) mass is 294 g/mol. The minimum Gasteiger partial charge on any atom is -0.481 e. The van der Waals surface area contributed by atoms with Crippen LogP contribution in [-0.4, -0.2) is 38.7 Å². The number of unbranched alkanes of at least 4 members (excludes halogenated alkanes) is 2. The number of rotatable bonds is 6. The summed E-state index contributed by atoms with van der Waals surface area (Å²) in [5.74, 6) is -1.94. The number of aliphatic carboxylic acids is 2. The number of hydrogen-bond acceptors (Lipinski definition) is 4. The Bertz CT molecular complexity index is 218. The fraction of sp³-hybridized carbons (Fsp3) is 0.857. The normalized spacial score (nSPS) is 9.70. The average Bonchev–Trinajstić information content (AvgIpc) is 2.30. The predicted octanol–water partition coefficient (Wildman–Crippen LogP) is 2.33. The molecule has 0 aliphatic heterocycles. The highest BCUT2D eigenvalue weighted by Crippen LogP contribution is 1.99. The van der Waals surface area contributed by atoms with Crippen molar-refractivity contribution in [3.05, 3.63) is 0 Å². The van der Waals surface area contributed by atoms with Gasteiger partial charge in [-0.3, -0.25) is 9.59 Å². The van der Waals surface area contributed by atoms with E-state index in [4.69, 9.17) is 20.4 Å². The van der Waals surface area contributed by atoms with E-state index >= 15 is 0 Å². The molecule has 0 radical (unpaired) electrons. The van der Waals surface area contributed by atoms with E-state index in [1.807, 2.05) is 0 Å². The van der Waals surface area contributed by atoms with Gasteiger partial charge in [0.2, 0.25) is 0 Å². The Morgan fingerprint density at radius 2 is 1.15 bits per heavy atom. The predicted molar refractivity (Wildman–Crippen MR) is 77.3 cm³/mol. The molecule has 0 fully saturated rings. The molecule has 6 nitrogen and oxygen atoms in total. The van der Waals surface area contributed by atoms with Gasteiger partial charge in [0.25, 0.3) is 0 Å². The van der Waals surface area contributed by atoms with Crippen LogP contribution in [0, 0.1) is 11.8 Å². The number of hydrogen-bond donors (Lipinski definition) is 4. The molecule has 0 saturated carbocycles. The summed E-state index contributed by atoms with van der Waals surface area (Å²) >= 11 is 0. The van der Waals surface area contributed by atoms with Crippen molar-refractivity contribution >= 4 is 11.9 Å². The van der Waals surface area contributed by atoms with E-state index in [2.05, 4.69) is 6.92 Å². The van der Waals surface area contributed by atoms with Gasteiger partial charge in [0, 0.05) is 0 Å². The number of carboxylic acids is 2. The first kappa shape index (κ1) is 23.9. The number of aliphatic hydroxyl groups excluding tert-OH is 1. The molecule has 0 saturated heterocycles. The van der Waals surface area contributed by atoms with Gasteiger partial charge in [0.05, 0.1) is 11.8 Å². The molecule has 0 atom stereocenters. The van der Waals surface area contributed by atoms with Gasteiger partial charge in [0.15, 0.2) is 6.29 Å². The van der Waals surface area contributed by atoms with Crippen LogP contribution in [-0.2, 0) is 9.59 Å². The van der Waals surface area contributed by atoms with Gasteiger partial charge in [-0.2, -0.15) is 0 Å². The quantitative estimate of drug-likeness (QED) is 0.441. The maximum atomic E-state index is 9.70. The molecule has 0 amide bonds. The van der Waals surface area contributed by atoms with Crippen molar-refractivity contribution in [3.63, 3.8) is 0 Å². The minimum absolute atomic E-state index is 0.231. The van der Waals surface area contributed by atoms with Crippen molar-refractivity contribution in [1.29, 1.82) is 0 Å². The molecular weight excluding hydrogens is 264 g/mol. The van der Waals surface area contributed by atoms with Gasteiger partial charge in [0.1, 0.15) is 0 Å². The van der Waals surface area contributed by atoms with Gasteiger partial charge in [-0.15, -0.1) is 0 Å². The van der Waals surface area contributed by atoms with Gasteiger partial charge < -0.3 is 20.4 Å². The summed E-state index contributed by atoms with van der Waals surface area (Å²) in [4.78, 5) is 19.4. The second-order valence-electron chi connectivity index (χ2n) is 4.96. The van der Waals surface area contributed by atoms with E-state index in [0.29, 0.717) is 6.42 Å². The zero-order valence-corrected chi connectivity index (χ0v) is 13.2. The molecule has 0 heterocycles. The van der Waals surface area contributed by atoms with E-state index in [9.17, 15) is 9.59 Å². The minimum atomic E-state index is -1.10. The first-order valence-corrected chi connectivity index (χ1v) is 6.87. The van der Waals surface area contributed by atoms with Crippen LogP contribution in [0.2, 0.25) is 0 Å². The maximum Gasteiger partial charge on any atom is 0.305 e. The highest BCUT2D eigenvalue weighted by molar-refractivity contribution is 5.69. The molecule has 0 aromatic carbocycles. The van der Waals surface area contributed by atoms with Crippen LogP contribution in [0.3, 0.4) is 0 Å².